The van der Waals surface area contributed by atoms with Gasteiger partial charge < -0.3 is 10.4 Å². The van der Waals surface area contributed by atoms with Crippen LogP contribution >= 0.6 is 0 Å². The topological polar surface area (TPSA) is 79.2 Å². The molecular formula is C15H26N4O2. The standard InChI is InChI=1S/C15H26N4O2/c1-11(2)19-14(8-9-16-19)18-15(21)17-13-7-5-3-4-6-12(13)10-20/h8-9,11-13,20H,3-7,10H2,1-2H3,(H2,17,18,21). The summed E-state index contributed by atoms with van der Waals surface area (Å²) in [6, 6.07) is 1.81. The zero-order valence-corrected chi connectivity index (χ0v) is 12.9. The highest BCUT2D eigenvalue weighted by atomic mass is 16.3. The number of urea groups is 1. The van der Waals surface area contributed by atoms with Gasteiger partial charge in [0.25, 0.3) is 0 Å². The molecule has 1 aromatic rings. The van der Waals surface area contributed by atoms with E-state index in [0.29, 0.717) is 5.82 Å². The smallest absolute Gasteiger partial charge is 0.320 e. The fourth-order valence-corrected chi connectivity index (χ4v) is 2.94. The van der Waals surface area contributed by atoms with Gasteiger partial charge in [-0.3, -0.25) is 5.32 Å². The molecule has 1 aliphatic carbocycles. The van der Waals surface area contributed by atoms with E-state index >= 15 is 0 Å². The van der Waals surface area contributed by atoms with Crippen LogP contribution in [0.5, 0.6) is 0 Å². The highest BCUT2D eigenvalue weighted by Gasteiger charge is 2.24. The van der Waals surface area contributed by atoms with Crippen molar-refractivity contribution in [3.63, 3.8) is 0 Å². The second-order valence-corrected chi connectivity index (χ2v) is 6.04. The SMILES string of the molecule is CC(C)n1nccc1NC(=O)NC1CCCCCC1CO. The van der Waals surface area contributed by atoms with E-state index in [1.54, 1.807) is 16.9 Å². The first-order valence-corrected chi connectivity index (χ1v) is 7.83. The molecule has 3 N–H and O–H groups in total. The molecule has 2 atom stereocenters. The van der Waals surface area contributed by atoms with Crippen molar-refractivity contribution in [1.29, 1.82) is 0 Å². The zero-order valence-electron chi connectivity index (χ0n) is 12.9. The Morgan fingerprint density at radius 1 is 1.43 bits per heavy atom. The van der Waals surface area contributed by atoms with Gasteiger partial charge in [-0.25, -0.2) is 9.48 Å². The highest BCUT2D eigenvalue weighted by Crippen LogP contribution is 2.23. The van der Waals surface area contributed by atoms with Gasteiger partial charge in [-0.15, -0.1) is 0 Å². The summed E-state index contributed by atoms with van der Waals surface area (Å²) in [5.41, 5.74) is 0. The van der Waals surface area contributed by atoms with Crippen LogP contribution in [0.25, 0.3) is 0 Å². The summed E-state index contributed by atoms with van der Waals surface area (Å²) in [5, 5.41) is 19.5. The van der Waals surface area contributed by atoms with Gasteiger partial charge in [0, 0.05) is 30.7 Å². The fraction of sp³-hybridized carbons (Fsp3) is 0.733. The fourth-order valence-electron chi connectivity index (χ4n) is 2.94. The average Bonchev–Trinajstić information content (AvgIpc) is 2.78. The summed E-state index contributed by atoms with van der Waals surface area (Å²) >= 11 is 0. The monoisotopic (exact) mass is 294 g/mol. The van der Waals surface area contributed by atoms with Gasteiger partial charge in [-0.1, -0.05) is 19.3 Å². The van der Waals surface area contributed by atoms with Crippen LogP contribution in [-0.2, 0) is 0 Å². The highest BCUT2D eigenvalue weighted by molar-refractivity contribution is 5.88. The molecule has 118 valence electrons. The van der Waals surface area contributed by atoms with Crippen LogP contribution in [0.15, 0.2) is 12.3 Å². The van der Waals surface area contributed by atoms with Crippen LogP contribution in [0.1, 0.15) is 52.0 Å². The molecule has 0 bridgehead atoms. The van der Waals surface area contributed by atoms with Crippen molar-refractivity contribution in [2.75, 3.05) is 11.9 Å². The van der Waals surface area contributed by atoms with E-state index in [-0.39, 0.29) is 30.6 Å². The maximum Gasteiger partial charge on any atom is 0.320 e. The molecule has 6 nitrogen and oxygen atoms in total. The van der Waals surface area contributed by atoms with E-state index in [1.807, 2.05) is 13.8 Å². The predicted octanol–water partition coefficient (Wildman–Crippen LogP) is 2.53. The quantitative estimate of drug-likeness (QED) is 0.747. The first kappa shape index (κ1) is 15.8. The van der Waals surface area contributed by atoms with Gasteiger partial charge in [0.15, 0.2) is 0 Å². The minimum atomic E-state index is -0.220. The Kier molecular flexibility index (Phi) is 5.61. The summed E-state index contributed by atoms with van der Waals surface area (Å²) in [6.07, 6.45) is 7.00. The molecule has 21 heavy (non-hydrogen) atoms. The van der Waals surface area contributed by atoms with Gasteiger partial charge in [0.05, 0.1) is 6.20 Å². The first-order chi connectivity index (χ1) is 10.1. The van der Waals surface area contributed by atoms with Gasteiger partial charge in [0.2, 0.25) is 0 Å². The Morgan fingerprint density at radius 2 is 2.19 bits per heavy atom. The molecular weight excluding hydrogens is 268 g/mol. The third kappa shape index (κ3) is 4.20. The van der Waals surface area contributed by atoms with E-state index in [2.05, 4.69) is 15.7 Å². The zero-order chi connectivity index (χ0) is 15.2. The third-order valence-electron chi connectivity index (χ3n) is 4.11. The lowest BCUT2D eigenvalue weighted by molar-refractivity contribution is 0.182. The molecule has 1 fully saturated rings. The number of hydrogen-bond acceptors (Lipinski definition) is 3. The molecule has 0 radical (unpaired) electrons. The number of anilines is 1. The number of amides is 2. The lowest BCUT2D eigenvalue weighted by Gasteiger charge is -2.24. The average molecular weight is 294 g/mol. The van der Waals surface area contributed by atoms with E-state index in [0.717, 1.165) is 25.7 Å². The number of aliphatic hydroxyl groups is 1. The van der Waals surface area contributed by atoms with Crippen LogP contribution in [0.4, 0.5) is 10.6 Å². The van der Waals surface area contributed by atoms with Gasteiger partial charge in [-0.2, -0.15) is 5.10 Å². The summed E-state index contributed by atoms with van der Waals surface area (Å²) in [6.45, 7) is 4.17. The second kappa shape index (κ2) is 7.45. The van der Waals surface area contributed by atoms with Gasteiger partial charge in [0.1, 0.15) is 5.82 Å². The molecule has 1 heterocycles. The molecule has 2 amide bonds. The summed E-state index contributed by atoms with van der Waals surface area (Å²) in [7, 11) is 0. The molecule has 1 saturated carbocycles. The summed E-state index contributed by atoms with van der Waals surface area (Å²) in [5.74, 6) is 0.852. The molecule has 1 aromatic heterocycles. The Labute approximate surface area is 125 Å². The maximum absolute atomic E-state index is 12.2. The molecule has 1 aliphatic rings. The van der Waals surface area contributed by atoms with Crippen LogP contribution in [-0.4, -0.2) is 33.6 Å². The minimum absolute atomic E-state index is 0.0490. The molecule has 0 aromatic carbocycles. The van der Waals surface area contributed by atoms with E-state index in [4.69, 9.17) is 0 Å². The third-order valence-corrected chi connectivity index (χ3v) is 4.11. The van der Waals surface area contributed by atoms with E-state index in [9.17, 15) is 9.90 Å². The van der Waals surface area contributed by atoms with Crippen molar-refractivity contribution in [3.05, 3.63) is 12.3 Å². The maximum atomic E-state index is 12.2. The van der Waals surface area contributed by atoms with Crippen molar-refractivity contribution in [2.24, 2.45) is 5.92 Å². The number of aliphatic hydroxyl groups excluding tert-OH is 1. The molecule has 2 unspecified atom stereocenters. The van der Waals surface area contributed by atoms with E-state index < -0.39 is 0 Å². The number of carbonyl (C=O) groups is 1. The second-order valence-electron chi connectivity index (χ2n) is 6.04. The summed E-state index contributed by atoms with van der Waals surface area (Å²) < 4.78 is 1.77. The lowest BCUT2D eigenvalue weighted by Crippen LogP contribution is -2.43. The van der Waals surface area contributed by atoms with Gasteiger partial charge >= 0.3 is 6.03 Å². The Hall–Kier alpha value is -1.56. The van der Waals surface area contributed by atoms with Crippen LogP contribution < -0.4 is 10.6 Å². The molecule has 2 rings (SSSR count). The van der Waals surface area contributed by atoms with Crippen molar-refractivity contribution < 1.29 is 9.90 Å². The van der Waals surface area contributed by atoms with E-state index in [1.165, 1.54) is 6.42 Å². The first-order valence-electron chi connectivity index (χ1n) is 7.83. The normalized spacial score (nSPS) is 22.9. The molecule has 0 spiro atoms. The number of nitrogens with one attached hydrogen (secondary N) is 2. The van der Waals surface area contributed by atoms with Crippen LogP contribution in [0.3, 0.4) is 0 Å². The largest absolute Gasteiger partial charge is 0.396 e. The Bertz CT molecular complexity index is 458. The number of hydrogen-bond donors (Lipinski definition) is 3. The summed E-state index contributed by atoms with van der Waals surface area (Å²) in [4.78, 5) is 12.2. The minimum Gasteiger partial charge on any atom is -0.396 e. The number of nitrogens with zero attached hydrogens (tertiary/aromatic N) is 2. The Morgan fingerprint density at radius 3 is 2.90 bits per heavy atom. The number of aromatic nitrogens is 2. The Balaban J connectivity index is 1.95. The number of carbonyl (C=O) groups excluding carboxylic acids is 1. The predicted molar refractivity (Wildman–Crippen MR) is 82.2 cm³/mol. The molecule has 0 aliphatic heterocycles. The molecule has 6 heteroatoms. The van der Waals surface area contributed by atoms with Crippen molar-refractivity contribution in [3.8, 4) is 0 Å². The van der Waals surface area contributed by atoms with Gasteiger partial charge in [-0.05, 0) is 26.7 Å². The van der Waals surface area contributed by atoms with Crippen LogP contribution in [0.2, 0.25) is 0 Å². The van der Waals surface area contributed by atoms with Crippen LogP contribution in [0, 0.1) is 5.92 Å². The lowest BCUT2D eigenvalue weighted by atomic mass is 9.96. The van der Waals surface area contributed by atoms with Crippen molar-refractivity contribution in [1.82, 2.24) is 15.1 Å². The van der Waals surface area contributed by atoms with Crippen molar-refractivity contribution >= 4 is 11.8 Å². The number of rotatable bonds is 4. The molecule has 0 saturated heterocycles. The van der Waals surface area contributed by atoms with Crippen molar-refractivity contribution in [2.45, 2.75) is 58.0 Å².